The number of carbonyl (C=O) groups excluding carboxylic acids is 2. The van der Waals surface area contributed by atoms with Crippen molar-refractivity contribution in [2.45, 2.75) is 19.9 Å². The van der Waals surface area contributed by atoms with Crippen molar-refractivity contribution in [2.75, 3.05) is 26.2 Å². The molecule has 1 unspecified atom stereocenters. The number of aliphatic hydroxyl groups excluding tert-OH is 1. The summed E-state index contributed by atoms with van der Waals surface area (Å²) in [4.78, 5) is 37.2. The molecule has 1 amide bonds. The number of aryl methyl sites for hydroxylation is 2. The van der Waals surface area contributed by atoms with Crippen LogP contribution in [0.25, 0.3) is 16.0 Å². The third-order valence-corrected chi connectivity index (χ3v) is 7.43. The maximum Gasteiger partial charge on any atom is 0.301 e. The molecule has 9 nitrogen and oxygen atoms in total. The molecule has 0 saturated carbocycles. The van der Waals surface area contributed by atoms with E-state index in [2.05, 4.69) is 4.98 Å². The number of methoxy groups -OCH3 is 3. The number of anilines is 1. The van der Waals surface area contributed by atoms with Crippen LogP contribution < -0.4 is 19.1 Å². The molecule has 2 aromatic heterocycles. The lowest BCUT2D eigenvalue weighted by atomic mass is 9.95. The fourth-order valence-electron chi connectivity index (χ4n) is 4.73. The molecule has 0 radical (unpaired) electrons. The highest BCUT2D eigenvalue weighted by atomic mass is 32.1. The van der Waals surface area contributed by atoms with Gasteiger partial charge in [0.05, 0.1) is 43.2 Å². The highest BCUT2D eigenvalue weighted by molar-refractivity contribution is 7.22. The summed E-state index contributed by atoms with van der Waals surface area (Å²) in [5.74, 6) is -0.909. The number of hydrogen-bond donors (Lipinski definition) is 1. The van der Waals surface area contributed by atoms with Crippen LogP contribution in [0.15, 0.2) is 54.4 Å². The van der Waals surface area contributed by atoms with E-state index in [-0.39, 0.29) is 11.3 Å². The van der Waals surface area contributed by atoms with Crippen LogP contribution in [-0.2, 0) is 9.59 Å². The average Bonchev–Trinajstić information content (AvgIpc) is 3.46. The Kier molecular flexibility index (Phi) is 6.50. The van der Waals surface area contributed by atoms with Gasteiger partial charge >= 0.3 is 5.91 Å². The number of aromatic nitrogens is 2. The predicted octanol–water partition coefficient (Wildman–Crippen LogP) is 4.96. The molecule has 1 aliphatic rings. The Labute approximate surface area is 222 Å². The first-order valence-corrected chi connectivity index (χ1v) is 12.5. The molecule has 4 aromatic rings. The van der Waals surface area contributed by atoms with E-state index in [1.807, 2.05) is 26.0 Å². The Hall–Kier alpha value is -4.44. The quantitative estimate of drug-likeness (QED) is 0.211. The highest BCUT2D eigenvalue weighted by Gasteiger charge is 2.48. The zero-order valence-corrected chi connectivity index (χ0v) is 22.3. The van der Waals surface area contributed by atoms with E-state index in [0.717, 1.165) is 21.3 Å². The second kappa shape index (κ2) is 9.79. The monoisotopic (exact) mass is 531 g/mol. The highest BCUT2D eigenvalue weighted by Crippen LogP contribution is 2.48. The van der Waals surface area contributed by atoms with E-state index in [0.29, 0.717) is 33.5 Å². The second-order valence-electron chi connectivity index (χ2n) is 8.79. The molecular weight excluding hydrogens is 506 g/mol. The number of thiazole rings is 1. The predicted molar refractivity (Wildman–Crippen MR) is 144 cm³/mol. The molecule has 1 saturated heterocycles. The van der Waals surface area contributed by atoms with Gasteiger partial charge in [0.15, 0.2) is 16.6 Å². The lowest BCUT2D eigenvalue weighted by Crippen LogP contribution is -2.29. The van der Waals surface area contributed by atoms with E-state index >= 15 is 0 Å². The molecule has 0 bridgehead atoms. The SMILES string of the molecule is COc1cc(C2C(=C(O)c3ccncc3)C(=O)C(=O)N2c2nc3c(C)cc(C)cc3s2)cc(OC)c1OC. The fraction of sp³-hybridized carbons (Fsp3) is 0.214. The summed E-state index contributed by atoms with van der Waals surface area (Å²) in [5.41, 5.74) is 3.51. The van der Waals surface area contributed by atoms with Crippen molar-refractivity contribution in [1.82, 2.24) is 9.97 Å². The van der Waals surface area contributed by atoms with Crippen molar-refractivity contribution in [2.24, 2.45) is 0 Å². The number of rotatable bonds is 6. The van der Waals surface area contributed by atoms with E-state index in [4.69, 9.17) is 19.2 Å². The van der Waals surface area contributed by atoms with Gasteiger partial charge in [0.1, 0.15) is 5.76 Å². The zero-order chi connectivity index (χ0) is 27.1. The molecule has 1 aliphatic heterocycles. The van der Waals surface area contributed by atoms with Gasteiger partial charge in [0.2, 0.25) is 5.75 Å². The van der Waals surface area contributed by atoms with Crippen LogP contribution in [0, 0.1) is 13.8 Å². The summed E-state index contributed by atoms with van der Waals surface area (Å²) in [5, 5.41) is 11.7. The number of ether oxygens (including phenoxy) is 3. The number of fused-ring (bicyclic) bond motifs is 1. The molecule has 194 valence electrons. The standard InChI is InChI=1S/C28H25N3O6S/c1-14-10-15(2)22-20(11-14)38-28(30-22)31-23(17-12-18(35-3)26(37-5)19(13-17)36-4)21(25(33)27(31)34)24(32)16-6-8-29-9-7-16/h6-13,23,32H,1-5H3. The minimum absolute atomic E-state index is 0.0809. The van der Waals surface area contributed by atoms with Crippen molar-refractivity contribution in [3.05, 3.63) is 76.6 Å². The van der Waals surface area contributed by atoms with E-state index in [1.165, 1.54) is 50.0 Å². The molecule has 3 heterocycles. The first kappa shape index (κ1) is 25.2. The number of pyridine rings is 1. The Bertz CT molecular complexity index is 1590. The number of Topliss-reactive ketones (excluding diaryl/α,β-unsaturated/α-hetero) is 1. The normalized spacial score (nSPS) is 16.8. The third kappa shape index (κ3) is 4.03. The van der Waals surface area contributed by atoms with E-state index < -0.39 is 17.7 Å². The number of nitrogens with zero attached hydrogens (tertiary/aromatic N) is 3. The summed E-state index contributed by atoms with van der Waals surface area (Å²) in [6, 6.07) is 9.45. The number of carbonyl (C=O) groups is 2. The van der Waals surface area contributed by atoms with Gasteiger partial charge in [-0.25, -0.2) is 4.98 Å². The number of amides is 1. The Balaban J connectivity index is 1.80. The molecule has 0 aliphatic carbocycles. The van der Waals surface area contributed by atoms with Crippen LogP contribution in [0.5, 0.6) is 17.2 Å². The molecule has 1 fully saturated rings. The number of hydrogen-bond acceptors (Lipinski definition) is 9. The molecule has 1 atom stereocenters. The third-order valence-electron chi connectivity index (χ3n) is 6.43. The number of benzene rings is 2. The van der Waals surface area contributed by atoms with Gasteiger partial charge in [-0.05, 0) is 60.9 Å². The fourth-order valence-corrected chi connectivity index (χ4v) is 5.90. The van der Waals surface area contributed by atoms with Gasteiger partial charge in [0, 0.05) is 18.0 Å². The van der Waals surface area contributed by atoms with Crippen LogP contribution in [0.1, 0.15) is 28.3 Å². The maximum atomic E-state index is 13.6. The van der Waals surface area contributed by atoms with Crippen LogP contribution in [0.2, 0.25) is 0 Å². The van der Waals surface area contributed by atoms with Crippen molar-refractivity contribution in [3.8, 4) is 17.2 Å². The van der Waals surface area contributed by atoms with Crippen molar-refractivity contribution < 1.29 is 28.9 Å². The molecular formula is C28H25N3O6S. The topological polar surface area (TPSA) is 111 Å². The van der Waals surface area contributed by atoms with Gasteiger partial charge in [-0.15, -0.1) is 0 Å². The number of aliphatic hydroxyl groups is 1. The molecule has 10 heteroatoms. The summed E-state index contributed by atoms with van der Waals surface area (Å²) in [7, 11) is 4.45. The minimum atomic E-state index is -1.01. The smallest absolute Gasteiger partial charge is 0.301 e. The summed E-state index contributed by atoms with van der Waals surface area (Å²) in [6.07, 6.45) is 3.00. The van der Waals surface area contributed by atoms with Crippen molar-refractivity contribution in [3.63, 3.8) is 0 Å². The van der Waals surface area contributed by atoms with E-state index in [1.54, 1.807) is 24.3 Å². The van der Waals surface area contributed by atoms with Crippen LogP contribution >= 0.6 is 11.3 Å². The second-order valence-corrected chi connectivity index (χ2v) is 9.80. The van der Waals surface area contributed by atoms with E-state index in [9.17, 15) is 14.7 Å². The van der Waals surface area contributed by atoms with Gasteiger partial charge in [0.25, 0.3) is 5.78 Å². The molecule has 1 N–H and O–H groups in total. The average molecular weight is 532 g/mol. The maximum absolute atomic E-state index is 13.6. The van der Waals surface area contributed by atoms with Crippen molar-refractivity contribution in [1.29, 1.82) is 0 Å². The van der Waals surface area contributed by atoms with Gasteiger partial charge in [-0.2, -0.15) is 0 Å². The number of ketones is 1. The lowest BCUT2D eigenvalue weighted by molar-refractivity contribution is -0.132. The molecule has 38 heavy (non-hydrogen) atoms. The Morgan fingerprint density at radius 3 is 2.24 bits per heavy atom. The summed E-state index contributed by atoms with van der Waals surface area (Å²) < 4.78 is 17.4. The Morgan fingerprint density at radius 1 is 0.974 bits per heavy atom. The van der Waals surface area contributed by atoms with Crippen LogP contribution in [-0.4, -0.2) is 48.1 Å². The molecule has 0 spiro atoms. The summed E-state index contributed by atoms with van der Waals surface area (Å²) in [6.45, 7) is 3.94. The lowest BCUT2D eigenvalue weighted by Gasteiger charge is -2.24. The van der Waals surface area contributed by atoms with Gasteiger partial charge < -0.3 is 19.3 Å². The summed E-state index contributed by atoms with van der Waals surface area (Å²) >= 11 is 1.30. The first-order valence-electron chi connectivity index (χ1n) is 11.7. The minimum Gasteiger partial charge on any atom is -0.507 e. The zero-order valence-electron chi connectivity index (χ0n) is 21.4. The van der Waals surface area contributed by atoms with Crippen LogP contribution in [0.4, 0.5) is 5.13 Å². The largest absolute Gasteiger partial charge is 0.507 e. The van der Waals surface area contributed by atoms with Crippen LogP contribution in [0.3, 0.4) is 0 Å². The van der Waals surface area contributed by atoms with Gasteiger partial charge in [-0.1, -0.05) is 17.4 Å². The molecule has 5 rings (SSSR count). The first-order chi connectivity index (χ1) is 18.3. The molecule has 2 aromatic carbocycles. The van der Waals surface area contributed by atoms with Gasteiger partial charge in [-0.3, -0.25) is 19.5 Å². The van der Waals surface area contributed by atoms with Crippen molar-refractivity contribution >= 4 is 44.1 Å². The Morgan fingerprint density at radius 2 is 1.63 bits per heavy atom.